The second kappa shape index (κ2) is 6.33. The van der Waals surface area contributed by atoms with Gasteiger partial charge in [0.25, 0.3) is 0 Å². The molecule has 1 aromatic carbocycles. The number of hydrogen-bond donors (Lipinski definition) is 2. The lowest BCUT2D eigenvalue weighted by Gasteiger charge is -2.17. The number of carbonyl (C=O) groups excluding carboxylic acids is 1. The van der Waals surface area contributed by atoms with E-state index in [0.29, 0.717) is 18.2 Å². The van der Waals surface area contributed by atoms with E-state index in [2.05, 4.69) is 10.3 Å². The molecule has 0 amide bonds. The van der Waals surface area contributed by atoms with Crippen LogP contribution in [0.3, 0.4) is 0 Å². The summed E-state index contributed by atoms with van der Waals surface area (Å²) < 4.78 is 51.8. The van der Waals surface area contributed by atoms with Crippen LogP contribution < -0.4 is 5.32 Å². The van der Waals surface area contributed by atoms with E-state index in [0.717, 1.165) is 0 Å². The van der Waals surface area contributed by atoms with Crippen molar-refractivity contribution in [2.45, 2.75) is 19.3 Å². The van der Waals surface area contributed by atoms with Gasteiger partial charge in [0.1, 0.15) is 11.6 Å². The predicted molar refractivity (Wildman–Crippen MR) is 74.2 cm³/mol. The topological polar surface area (TPSA) is 62.2 Å². The van der Waals surface area contributed by atoms with E-state index in [9.17, 15) is 27.5 Å². The van der Waals surface area contributed by atoms with Crippen LogP contribution in [0.4, 0.5) is 23.4 Å². The zero-order valence-corrected chi connectivity index (χ0v) is 11.9. The number of pyridine rings is 1. The molecule has 0 fully saturated rings. The molecule has 0 aliphatic rings. The number of Topliss-reactive ketones (excluding diaryl/α,β-unsaturated/α-hetero) is 1. The Morgan fingerprint density at radius 3 is 2.61 bits per heavy atom. The van der Waals surface area contributed by atoms with E-state index in [-0.39, 0.29) is 17.2 Å². The van der Waals surface area contributed by atoms with Gasteiger partial charge in [-0.15, -0.1) is 0 Å². The Labute approximate surface area is 128 Å². The number of rotatable bonds is 4. The highest BCUT2D eigenvalue weighted by molar-refractivity contribution is 5.98. The highest BCUT2D eigenvalue weighted by Crippen LogP contribution is 2.32. The Balaban J connectivity index is 2.35. The number of hydrogen-bond acceptors (Lipinski definition) is 4. The van der Waals surface area contributed by atoms with Crippen molar-refractivity contribution in [3.05, 3.63) is 59.0 Å². The number of aromatic nitrogens is 1. The molecule has 1 atom stereocenters. The summed E-state index contributed by atoms with van der Waals surface area (Å²) in [6.45, 7) is 1.26. The third-order valence-electron chi connectivity index (χ3n) is 3.08. The molecular formula is C15H12F4N2O2. The smallest absolute Gasteiger partial charge is 0.369 e. The van der Waals surface area contributed by atoms with Crippen LogP contribution in [0.15, 0.2) is 36.5 Å². The van der Waals surface area contributed by atoms with Crippen LogP contribution in [-0.2, 0) is 6.18 Å². The molecule has 0 aliphatic carbocycles. The van der Waals surface area contributed by atoms with Gasteiger partial charge in [-0.2, -0.15) is 13.2 Å². The quantitative estimate of drug-likeness (QED) is 0.512. The first kappa shape index (κ1) is 16.9. The summed E-state index contributed by atoms with van der Waals surface area (Å²) in [7, 11) is 0. The molecule has 0 aliphatic heterocycles. The Kier molecular flexibility index (Phi) is 4.65. The molecule has 8 heteroatoms. The molecule has 1 heterocycles. The van der Waals surface area contributed by atoms with Crippen molar-refractivity contribution >= 4 is 11.6 Å². The van der Waals surface area contributed by atoms with Crippen molar-refractivity contribution in [2.75, 3.05) is 5.32 Å². The fraction of sp³-hybridized carbons (Fsp3) is 0.200. The third-order valence-corrected chi connectivity index (χ3v) is 3.08. The monoisotopic (exact) mass is 328 g/mol. The van der Waals surface area contributed by atoms with E-state index in [1.807, 2.05) is 0 Å². The first-order valence-corrected chi connectivity index (χ1v) is 6.47. The average molecular weight is 328 g/mol. The Morgan fingerprint density at radius 1 is 1.30 bits per heavy atom. The Bertz CT molecular complexity index is 732. The van der Waals surface area contributed by atoms with Crippen LogP contribution in [0, 0.1) is 5.82 Å². The number of nitrogens with one attached hydrogen (secondary N) is 1. The second-order valence-electron chi connectivity index (χ2n) is 4.74. The number of ketones is 1. The molecule has 2 N–H and O–H groups in total. The van der Waals surface area contributed by atoms with Gasteiger partial charge in [0.05, 0.1) is 11.1 Å². The van der Waals surface area contributed by atoms with Crippen molar-refractivity contribution < 1.29 is 27.5 Å². The van der Waals surface area contributed by atoms with Gasteiger partial charge in [0.15, 0.2) is 12.0 Å². The minimum Gasteiger partial charge on any atom is -0.369 e. The number of halogens is 4. The zero-order valence-electron chi connectivity index (χ0n) is 11.9. The van der Waals surface area contributed by atoms with Gasteiger partial charge in [-0.05, 0) is 37.3 Å². The zero-order chi connectivity index (χ0) is 17.2. The number of alkyl halides is 3. The van der Waals surface area contributed by atoms with Gasteiger partial charge in [-0.25, -0.2) is 9.37 Å². The van der Waals surface area contributed by atoms with Crippen molar-refractivity contribution in [2.24, 2.45) is 0 Å². The fourth-order valence-electron chi connectivity index (χ4n) is 1.94. The summed E-state index contributed by atoms with van der Waals surface area (Å²) in [5, 5.41) is 12.3. The number of nitrogens with zero attached hydrogens (tertiary/aromatic N) is 1. The maximum Gasteiger partial charge on any atom is 0.416 e. The fourth-order valence-corrected chi connectivity index (χ4v) is 1.94. The van der Waals surface area contributed by atoms with Crippen LogP contribution in [0.25, 0.3) is 0 Å². The minimum atomic E-state index is -4.67. The average Bonchev–Trinajstić information content (AvgIpc) is 2.46. The molecular weight excluding hydrogens is 316 g/mol. The second-order valence-corrected chi connectivity index (χ2v) is 4.74. The molecule has 0 bridgehead atoms. The molecule has 122 valence electrons. The van der Waals surface area contributed by atoms with Gasteiger partial charge in [0, 0.05) is 11.8 Å². The summed E-state index contributed by atoms with van der Waals surface area (Å²) in [6.07, 6.45) is -5.15. The normalized spacial score (nSPS) is 12.8. The Morgan fingerprint density at radius 2 is 2.00 bits per heavy atom. The van der Waals surface area contributed by atoms with Crippen LogP contribution in [0.5, 0.6) is 0 Å². The first-order chi connectivity index (χ1) is 10.7. The predicted octanol–water partition coefficient (Wildman–Crippen LogP) is 3.55. The lowest BCUT2D eigenvalue weighted by atomic mass is 10.1. The molecule has 0 radical (unpaired) electrons. The van der Waals surface area contributed by atoms with Gasteiger partial charge in [0.2, 0.25) is 0 Å². The van der Waals surface area contributed by atoms with E-state index >= 15 is 0 Å². The summed E-state index contributed by atoms with van der Waals surface area (Å²) in [5.74, 6) is -1.43. The molecule has 1 unspecified atom stereocenters. The van der Waals surface area contributed by atoms with Gasteiger partial charge in [-0.1, -0.05) is 0 Å². The number of benzene rings is 1. The van der Waals surface area contributed by atoms with Crippen molar-refractivity contribution in [3.63, 3.8) is 0 Å². The SMILES string of the molecule is CC(=O)c1cccnc1NC(O)c1cc(C(F)(F)F)ccc1F. The van der Waals surface area contributed by atoms with Gasteiger partial charge >= 0.3 is 6.18 Å². The van der Waals surface area contributed by atoms with Crippen LogP contribution in [0.1, 0.15) is 34.6 Å². The van der Waals surface area contributed by atoms with E-state index in [4.69, 9.17) is 0 Å². The lowest BCUT2D eigenvalue weighted by Crippen LogP contribution is -2.16. The maximum atomic E-state index is 13.7. The minimum absolute atomic E-state index is 0.0516. The molecule has 2 rings (SSSR count). The maximum absolute atomic E-state index is 13.7. The number of aliphatic hydroxyl groups is 1. The van der Waals surface area contributed by atoms with E-state index in [1.165, 1.54) is 25.3 Å². The lowest BCUT2D eigenvalue weighted by molar-refractivity contribution is -0.137. The summed E-state index contributed by atoms with van der Waals surface area (Å²) in [4.78, 5) is 15.3. The Hall–Kier alpha value is -2.48. The standard InChI is InChI=1S/C15H12F4N2O2/c1-8(22)10-3-2-6-20-13(10)21-14(23)11-7-9(15(17,18)19)4-5-12(11)16/h2-7,14,23H,1H3,(H,20,21). The first-order valence-electron chi connectivity index (χ1n) is 6.47. The largest absolute Gasteiger partial charge is 0.416 e. The number of aliphatic hydroxyl groups excluding tert-OH is 1. The summed E-state index contributed by atoms with van der Waals surface area (Å²) >= 11 is 0. The number of carbonyl (C=O) groups is 1. The molecule has 2 aromatic rings. The molecule has 0 saturated carbocycles. The van der Waals surface area contributed by atoms with Crippen LogP contribution in [0.2, 0.25) is 0 Å². The summed E-state index contributed by atoms with van der Waals surface area (Å²) in [5.41, 5.74) is -1.57. The highest BCUT2D eigenvalue weighted by atomic mass is 19.4. The molecule has 1 aromatic heterocycles. The van der Waals surface area contributed by atoms with E-state index < -0.39 is 29.3 Å². The van der Waals surface area contributed by atoms with Crippen molar-refractivity contribution in [1.82, 2.24) is 4.98 Å². The highest BCUT2D eigenvalue weighted by Gasteiger charge is 2.32. The van der Waals surface area contributed by atoms with Crippen LogP contribution in [-0.4, -0.2) is 15.9 Å². The third kappa shape index (κ3) is 3.84. The van der Waals surface area contributed by atoms with Crippen molar-refractivity contribution in [3.8, 4) is 0 Å². The molecule has 0 saturated heterocycles. The van der Waals surface area contributed by atoms with Gasteiger partial charge in [-0.3, -0.25) is 4.79 Å². The summed E-state index contributed by atoms with van der Waals surface area (Å²) in [6, 6.07) is 4.61. The molecule has 4 nitrogen and oxygen atoms in total. The molecule has 0 spiro atoms. The van der Waals surface area contributed by atoms with Crippen molar-refractivity contribution in [1.29, 1.82) is 0 Å². The van der Waals surface area contributed by atoms with E-state index in [1.54, 1.807) is 0 Å². The molecule has 23 heavy (non-hydrogen) atoms. The number of anilines is 1. The van der Waals surface area contributed by atoms with Gasteiger partial charge < -0.3 is 10.4 Å². The van der Waals surface area contributed by atoms with Crippen LogP contribution >= 0.6 is 0 Å².